The fourth-order valence-corrected chi connectivity index (χ4v) is 2.65. The first kappa shape index (κ1) is 16.8. The molecule has 0 saturated carbocycles. The van der Waals surface area contributed by atoms with Gasteiger partial charge in [0.1, 0.15) is 11.5 Å². The minimum atomic E-state index is 0.547. The number of hydrogen-bond donors (Lipinski definition) is 1. The van der Waals surface area contributed by atoms with Crippen molar-refractivity contribution < 1.29 is 9.47 Å². The van der Waals surface area contributed by atoms with E-state index in [-0.39, 0.29) is 0 Å². The third-order valence-electron chi connectivity index (χ3n) is 4.10. The molecule has 25 heavy (non-hydrogen) atoms. The number of nitrogens with zero attached hydrogens (tertiary/aromatic N) is 2. The van der Waals surface area contributed by atoms with Crippen molar-refractivity contribution in [2.75, 3.05) is 19.5 Å². The summed E-state index contributed by atoms with van der Waals surface area (Å²) in [7, 11) is 3.30. The van der Waals surface area contributed by atoms with Crippen LogP contribution in [0, 0.1) is 13.8 Å². The Kier molecular flexibility index (Phi) is 4.84. The first-order valence-electron chi connectivity index (χ1n) is 8.01. The molecule has 0 unspecified atom stereocenters. The van der Waals surface area contributed by atoms with Crippen LogP contribution in [-0.4, -0.2) is 24.2 Å². The van der Waals surface area contributed by atoms with E-state index in [1.54, 1.807) is 20.4 Å². The maximum atomic E-state index is 5.45. The summed E-state index contributed by atoms with van der Waals surface area (Å²) in [4.78, 5) is 8.95. The highest BCUT2D eigenvalue weighted by atomic mass is 16.5. The average molecular weight is 335 g/mol. The van der Waals surface area contributed by atoms with Gasteiger partial charge in [-0.15, -0.1) is 0 Å². The minimum Gasteiger partial charge on any atom is -0.496 e. The second-order valence-corrected chi connectivity index (χ2v) is 5.71. The number of methoxy groups -OCH3 is 2. The van der Waals surface area contributed by atoms with Gasteiger partial charge in [0.2, 0.25) is 5.95 Å². The molecular formula is C20H21N3O2. The Balaban J connectivity index is 1.98. The Morgan fingerprint density at radius 2 is 1.60 bits per heavy atom. The molecule has 0 spiro atoms. The number of rotatable bonds is 5. The van der Waals surface area contributed by atoms with Gasteiger partial charge in [0, 0.05) is 23.0 Å². The number of para-hydroxylation sites is 1. The fourth-order valence-electron chi connectivity index (χ4n) is 2.65. The second-order valence-electron chi connectivity index (χ2n) is 5.71. The molecule has 0 radical (unpaired) electrons. The van der Waals surface area contributed by atoms with Crippen molar-refractivity contribution in [1.82, 2.24) is 9.97 Å². The Labute approximate surface area is 147 Å². The van der Waals surface area contributed by atoms with Crippen molar-refractivity contribution in [3.8, 4) is 22.8 Å². The molecule has 0 aliphatic carbocycles. The lowest BCUT2D eigenvalue weighted by Crippen LogP contribution is -2.00. The zero-order valence-corrected chi connectivity index (χ0v) is 14.8. The molecule has 0 saturated heterocycles. The molecule has 1 N–H and O–H groups in total. The van der Waals surface area contributed by atoms with E-state index in [9.17, 15) is 0 Å². The fraction of sp³-hybridized carbons (Fsp3) is 0.200. The molecule has 0 aliphatic heterocycles. The van der Waals surface area contributed by atoms with E-state index in [1.165, 1.54) is 0 Å². The van der Waals surface area contributed by atoms with Crippen molar-refractivity contribution in [3.63, 3.8) is 0 Å². The third kappa shape index (κ3) is 3.55. The van der Waals surface area contributed by atoms with Gasteiger partial charge in [-0.25, -0.2) is 9.97 Å². The van der Waals surface area contributed by atoms with Crippen molar-refractivity contribution >= 4 is 11.6 Å². The molecule has 5 heteroatoms. The predicted octanol–water partition coefficient (Wildman–Crippen LogP) is 4.52. The summed E-state index contributed by atoms with van der Waals surface area (Å²) in [6, 6.07) is 13.8. The first-order chi connectivity index (χ1) is 12.1. The number of aryl methyl sites for hydroxylation is 1. The van der Waals surface area contributed by atoms with E-state index < -0.39 is 0 Å². The number of anilines is 2. The molecule has 0 bridgehead atoms. The van der Waals surface area contributed by atoms with Crippen LogP contribution in [0.5, 0.6) is 11.5 Å². The van der Waals surface area contributed by atoms with Gasteiger partial charge in [0.25, 0.3) is 0 Å². The average Bonchev–Trinajstić information content (AvgIpc) is 2.64. The lowest BCUT2D eigenvalue weighted by atomic mass is 10.1. The van der Waals surface area contributed by atoms with Crippen LogP contribution < -0.4 is 14.8 Å². The monoisotopic (exact) mass is 335 g/mol. The van der Waals surface area contributed by atoms with Gasteiger partial charge in [-0.1, -0.05) is 18.2 Å². The SMILES string of the molecule is COc1cc(-c2ccnc(Nc3ccccc3C)n2)cc(OC)c1C. The van der Waals surface area contributed by atoms with Gasteiger partial charge in [0.15, 0.2) is 0 Å². The third-order valence-corrected chi connectivity index (χ3v) is 4.10. The molecule has 2 aromatic carbocycles. The first-order valence-corrected chi connectivity index (χ1v) is 8.01. The molecule has 3 rings (SSSR count). The maximum Gasteiger partial charge on any atom is 0.227 e. The van der Waals surface area contributed by atoms with Crippen LogP contribution in [0.15, 0.2) is 48.7 Å². The van der Waals surface area contributed by atoms with Crippen molar-refractivity contribution in [2.45, 2.75) is 13.8 Å². The topological polar surface area (TPSA) is 56.3 Å². The van der Waals surface area contributed by atoms with Crippen LogP contribution in [-0.2, 0) is 0 Å². The van der Waals surface area contributed by atoms with Crippen LogP contribution in [0.3, 0.4) is 0 Å². The highest BCUT2D eigenvalue weighted by Crippen LogP contribution is 2.34. The molecule has 0 amide bonds. The number of nitrogens with one attached hydrogen (secondary N) is 1. The van der Waals surface area contributed by atoms with E-state index in [0.717, 1.165) is 39.6 Å². The Morgan fingerprint density at radius 1 is 0.920 bits per heavy atom. The van der Waals surface area contributed by atoms with Gasteiger partial charge in [-0.05, 0) is 43.7 Å². The summed E-state index contributed by atoms with van der Waals surface area (Å²) in [5.74, 6) is 2.08. The molecule has 5 nitrogen and oxygen atoms in total. The molecule has 1 aromatic heterocycles. The van der Waals surface area contributed by atoms with Crippen LogP contribution >= 0.6 is 0 Å². The zero-order valence-electron chi connectivity index (χ0n) is 14.8. The van der Waals surface area contributed by atoms with Crippen molar-refractivity contribution in [3.05, 3.63) is 59.8 Å². The maximum absolute atomic E-state index is 5.45. The smallest absolute Gasteiger partial charge is 0.227 e. The van der Waals surface area contributed by atoms with E-state index in [4.69, 9.17) is 9.47 Å². The molecule has 1 heterocycles. The molecule has 128 valence electrons. The van der Waals surface area contributed by atoms with Gasteiger partial charge >= 0.3 is 0 Å². The van der Waals surface area contributed by atoms with Gasteiger partial charge in [-0.3, -0.25) is 0 Å². The van der Waals surface area contributed by atoms with Crippen LogP contribution in [0.4, 0.5) is 11.6 Å². The van der Waals surface area contributed by atoms with Crippen LogP contribution in [0.1, 0.15) is 11.1 Å². The minimum absolute atomic E-state index is 0.547. The summed E-state index contributed by atoms with van der Waals surface area (Å²) in [5.41, 5.74) is 4.78. The molecule has 0 atom stereocenters. The van der Waals surface area contributed by atoms with Crippen molar-refractivity contribution in [1.29, 1.82) is 0 Å². The summed E-state index contributed by atoms with van der Waals surface area (Å²) in [5, 5.41) is 3.27. The van der Waals surface area contributed by atoms with Crippen LogP contribution in [0.25, 0.3) is 11.3 Å². The standard InChI is InChI=1S/C20H21N3O2/c1-13-7-5-6-8-16(13)22-20-21-10-9-17(23-20)15-11-18(24-3)14(2)19(12-15)25-4/h5-12H,1-4H3,(H,21,22,23). The molecule has 0 aliphatic rings. The number of hydrogen-bond acceptors (Lipinski definition) is 5. The highest BCUT2D eigenvalue weighted by molar-refractivity contribution is 5.68. The largest absolute Gasteiger partial charge is 0.496 e. The summed E-state index contributed by atoms with van der Waals surface area (Å²) < 4.78 is 10.9. The Bertz CT molecular complexity index is 869. The summed E-state index contributed by atoms with van der Waals surface area (Å²) in [6.45, 7) is 4.01. The van der Waals surface area contributed by atoms with E-state index in [2.05, 4.69) is 15.3 Å². The molecular weight excluding hydrogens is 314 g/mol. The van der Waals surface area contributed by atoms with E-state index in [0.29, 0.717) is 5.95 Å². The van der Waals surface area contributed by atoms with Crippen LogP contribution in [0.2, 0.25) is 0 Å². The van der Waals surface area contributed by atoms with E-state index in [1.807, 2.05) is 56.3 Å². The summed E-state index contributed by atoms with van der Waals surface area (Å²) in [6.07, 6.45) is 1.74. The van der Waals surface area contributed by atoms with Gasteiger partial charge in [-0.2, -0.15) is 0 Å². The second kappa shape index (κ2) is 7.21. The normalized spacial score (nSPS) is 10.4. The quantitative estimate of drug-likeness (QED) is 0.743. The molecule has 3 aromatic rings. The predicted molar refractivity (Wildman–Crippen MR) is 99.8 cm³/mol. The highest BCUT2D eigenvalue weighted by Gasteiger charge is 2.11. The van der Waals surface area contributed by atoms with Crippen molar-refractivity contribution in [2.24, 2.45) is 0 Å². The summed E-state index contributed by atoms with van der Waals surface area (Å²) >= 11 is 0. The van der Waals surface area contributed by atoms with E-state index >= 15 is 0 Å². The van der Waals surface area contributed by atoms with Gasteiger partial charge < -0.3 is 14.8 Å². The Hall–Kier alpha value is -3.08. The lowest BCUT2D eigenvalue weighted by molar-refractivity contribution is 0.389. The molecule has 0 fully saturated rings. The Morgan fingerprint density at radius 3 is 2.24 bits per heavy atom. The van der Waals surface area contributed by atoms with Gasteiger partial charge in [0.05, 0.1) is 19.9 Å². The lowest BCUT2D eigenvalue weighted by Gasteiger charge is -2.13. The zero-order chi connectivity index (χ0) is 17.8. The number of benzene rings is 2. The number of ether oxygens (including phenoxy) is 2. The number of aromatic nitrogens is 2.